The number of aryl methyl sites for hydroxylation is 1. The Morgan fingerprint density at radius 2 is 2.60 bits per heavy atom. The maximum absolute atomic E-state index is 8.00. The minimum Gasteiger partial charge on any atom is -0.411 e. The van der Waals surface area contributed by atoms with Crippen molar-refractivity contribution in [2.75, 3.05) is 0 Å². The van der Waals surface area contributed by atoms with Gasteiger partial charge >= 0.3 is 0 Å². The van der Waals surface area contributed by atoms with E-state index < -0.39 is 0 Å². The molecule has 6 nitrogen and oxygen atoms in total. The molecule has 0 saturated heterocycles. The van der Waals surface area contributed by atoms with E-state index in [1.807, 2.05) is 0 Å². The number of nitrogens with zero attached hydrogens (tertiary/aromatic N) is 5. The van der Waals surface area contributed by atoms with Crippen LogP contribution in [0.3, 0.4) is 0 Å². The maximum atomic E-state index is 8.00. The Labute approximate surface area is 57.2 Å². The third-order valence-corrected chi connectivity index (χ3v) is 0.960. The number of rotatable bonds is 3. The van der Waals surface area contributed by atoms with Crippen molar-refractivity contribution in [1.29, 1.82) is 0 Å². The van der Waals surface area contributed by atoms with Gasteiger partial charge in [0.25, 0.3) is 0 Å². The Morgan fingerprint density at radius 3 is 3.20 bits per heavy atom. The molecule has 1 N–H and O–H groups in total. The number of aromatic nitrogens is 4. The molecule has 1 rings (SSSR count). The van der Waals surface area contributed by atoms with E-state index in [2.05, 4.69) is 20.7 Å². The van der Waals surface area contributed by atoms with E-state index in [-0.39, 0.29) is 0 Å². The van der Waals surface area contributed by atoms with Crippen molar-refractivity contribution >= 4 is 6.21 Å². The fourth-order valence-electron chi connectivity index (χ4n) is 0.530. The van der Waals surface area contributed by atoms with Crippen LogP contribution in [0.4, 0.5) is 0 Å². The lowest BCUT2D eigenvalue weighted by molar-refractivity contribution is 0.320. The lowest BCUT2D eigenvalue weighted by Crippen LogP contribution is -1.98. The molecule has 0 aliphatic rings. The Morgan fingerprint density at radius 1 is 1.70 bits per heavy atom. The summed E-state index contributed by atoms with van der Waals surface area (Å²) in [5.41, 5.74) is 0. The molecule has 0 bridgehead atoms. The molecule has 54 valence electrons. The predicted octanol–water partition coefficient (Wildman–Crippen LogP) is -0.477. The zero-order valence-electron chi connectivity index (χ0n) is 5.25. The Hall–Kier alpha value is -1.46. The van der Waals surface area contributed by atoms with E-state index in [1.54, 1.807) is 4.68 Å². The first-order valence-electron chi connectivity index (χ1n) is 2.80. The summed E-state index contributed by atoms with van der Waals surface area (Å²) < 4.78 is 1.56. The molecule has 0 fully saturated rings. The molecule has 0 amide bonds. The minimum atomic E-state index is 0.627. The summed E-state index contributed by atoms with van der Waals surface area (Å²) in [5, 5.41) is 21.3. The standard InChI is InChI=1S/C4H7N5O/c10-6-2-1-3-9-4-5-7-8-9/h2,4,10H,1,3H2/b6-2+. The highest BCUT2D eigenvalue weighted by Gasteiger charge is 1.88. The first kappa shape index (κ1) is 6.66. The van der Waals surface area contributed by atoms with E-state index >= 15 is 0 Å². The Kier molecular flexibility index (Phi) is 2.36. The molecule has 0 saturated carbocycles. The average molecular weight is 141 g/mol. The second kappa shape index (κ2) is 3.54. The van der Waals surface area contributed by atoms with Crippen molar-refractivity contribution in [2.45, 2.75) is 13.0 Å². The highest BCUT2D eigenvalue weighted by molar-refractivity contribution is 5.55. The van der Waals surface area contributed by atoms with Crippen LogP contribution in [0.1, 0.15) is 6.42 Å². The van der Waals surface area contributed by atoms with Crippen molar-refractivity contribution in [3.05, 3.63) is 6.33 Å². The van der Waals surface area contributed by atoms with Crippen LogP contribution < -0.4 is 0 Å². The average Bonchev–Trinajstić information content (AvgIpc) is 2.41. The van der Waals surface area contributed by atoms with E-state index in [4.69, 9.17) is 5.21 Å². The lowest BCUT2D eigenvalue weighted by atomic mass is 10.5. The molecule has 6 heteroatoms. The molecule has 0 atom stereocenters. The van der Waals surface area contributed by atoms with Gasteiger partial charge in [-0.05, 0) is 10.4 Å². The van der Waals surface area contributed by atoms with Crippen molar-refractivity contribution in [2.24, 2.45) is 5.16 Å². The van der Waals surface area contributed by atoms with Crippen LogP contribution in [0.2, 0.25) is 0 Å². The second-order valence-corrected chi connectivity index (χ2v) is 1.66. The molecular weight excluding hydrogens is 134 g/mol. The topological polar surface area (TPSA) is 76.2 Å². The molecule has 1 heterocycles. The quantitative estimate of drug-likeness (QED) is 0.350. The number of hydrogen-bond donors (Lipinski definition) is 1. The van der Waals surface area contributed by atoms with Gasteiger partial charge in [-0.1, -0.05) is 0 Å². The zero-order valence-corrected chi connectivity index (χ0v) is 5.25. The molecule has 0 aliphatic heterocycles. The fraction of sp³-hybridized carbons (Fsp3) is 0.500. The highest BCUT2D eigenvalue weighted by Crippen LogP contribution is 1.80. The third kappa shape index (κ3) is 1.81. The summed E-state index contributed by atoms with van der Waals surface area (Å²) in [7, 11) is 0. The third-order valence-electron chi connectivity index (χ3n) is 0.960. The lowest BCUT2D eigenvalue weighted by Gasteiger charge is -1.90. The van der Waals surface area contributed by atoms with Crippen molar-refractivity contribution in [1.82, 2.24) is 20.2 Å². The summed E-state index contributed by atoms with van der Waals surface area (Å²) in [4.78, 5) is 0. The van der Waals surface area contributed by atoms with Crippen LogP contribution in [-0.4, -0.2) is 31.6 Å². The molecule has 0 aromatic carbocycles. The van der Waals surface area contributed by atoms with Gasteiger partial charge in [0, 0.05) is 19.2 Å². The summed E-state index contributed by atoms with van der Waals surface area (Å²) in [6.07, 6.45) is 3.52. The maximum Gasteiger partial charge on any atom is 0.138 e. The van der Waals surface area contributed by atoms with E-state index in [1.165, 1.54) is 12.5 Å². The van der Waals surface area contributed by atoms with Crippen molar-refractivity contribution < 1.29 is 5.21 Å². The SMILES string of the molecule is O/N=C/CCn1cnnn1. The zero-order chi connectivity index (χ0) is 7.23. The summed E-state index contributed by atoms with van der Waals surface area (Å²) in [6.45, 7) is 0.636. The van der Waals surface area contributed by atoms with Crippen LogP contribution in [-0.2, 0) is 6.54 Å². The Bertz CT molecular complexity index is 193. The Balaban J connectivity index is 2.28. The molecule has 0 spiro atoms. The van der Waals surface area contributed by atoms with Gasteiger partial charge in [0.1, 0.15) is 6.33 Å². The monoisotopic (exact) mass is 141 g/mol. The number of tetrazole rings is 1. The van der Waals surface area contributed by atoms with Crippen LogP contribution in [0.15, 0.2) is 11.5 Å². The molecule has 0 unspecified atom stereocenters. The molecule has 1 aromatic rings. The minimum absolute atomic E-state index is 0.627. The van der Waals surface area contributed by atoms with Crippen LogP contribution in [0.5, 0.6) is 0 Å². The first-order valence-corrected chi connectivity index (χ1v) is 2.80. The van der Waals surface area contributed by atoms with Gasteiger partial charge in [-0.2, -0.15) is 0 Å². The van der Waals surface area contributed by atoms with Crippen LogP contribution in [0, 0.1) is 0 Å². The van der Waals surface area contributed by atoms with E-state index in [9.17, 15) is 0 Å². The summed E-state index contributed by atoms with van der Waals surface area (Å²) >= 11 is 0. The van der Waals surface area contributed by atoms with Gasteiger partial charge in [0.15, 0.2) is 0 Å². The first-order chi connectivity index (χ1) is 4.93. The van der Waals surface area contributed by atoms with Gasteiger partial charge in [-0.3, -0.25) is 0 Å². The molecule has 0 radical (unpaired) electrons. The second-order valence-electron chi connectivity index (χ2n) is 1.66. The molecule has 10 heavy (non-hydrogen) atoms. The van der Waals surface area contributed by atoms with Crippen molar-refractivity contribution in [3.8, 4) is 0 Å². The summed E-state index contributed by atoms with van der Waals surface area (Å²) in [5.74, 6) is 0. The van der Waals surface area contributed by atoms with Crippen molar-refractivity contribution in [3.63, 3.8) is 0 Å². The van der Waals surface area contributed by atoms with Gasteiger partial charge in [0.05, 0.1) is 0 Å². The number of oxime groups is 1. The molecular formula is C4H7N5O. The molecule has 0 aliphatic carbocycles. The normalized spacial score (nSPS) is 10.8. The summed E-state index contributed by atoms with van der Waals surface area (Å²) in [6, 6.07) is 0. The number of hydrogen-bond acceptors (Lipinski definition) is 5. The van der Waals surface area contributed by atoms with Gasteiger partial charge in [0.2, 0.25) is 0 Å². The highest BCUT2D eigenvalue weighted by atomic mass is 16.4. The fourth-order valence-corrected chi connectivity index (χ4v) is 0.530. The van der Waals surface area contributed by atoms with Crippen LogP contribution in [0.25, 0.3) is 0 Å². The van der Waals surface area contributed by atoms with Crippen LogP contribution >= 0.6 is 0 Å². The van der Waals surface area contributed by atoms with Gasteiger partial charge in [-0.25, -0.2) is 4.68 Å². The largest absolute Gasteiger partial charge is 0.411 e. The van der Waals surface area contributed by atoms with E-state index in [0.717, 1.165) is 0 Å². The van der Waals surface area contributed by atoms with E-state index in [0.29, 0.717) is 13.0 Å². The predicted molar refractivity (Wildman–Crippen MR) is 32.7 cm³/mol. The smallest absolute Gasteiger partial charge is 0.138 e. The van der Waals surface area contributed by atoms with Gasteiger partial charge < -0.3 is 5.21 Å². The van der Waals surface area contributed by atoms with Gasteiger partial charge in [-0.15, -0.1) is 10.3 Å². The molecule has 1 aromatic heterocycles.